The zero-order chi connectivity index (χ0) is 14.8. The van der Waals surface area contributed by atoms with Crippen LogP contribution in [0.2, 0.25) is 0 Å². The Kier molecular flexibility index (Phi) is 4.45. The molecule has 1 heterocycles. The molecule has 0 saturated carbocycles. The van der Waals surface area contributed by atoms with Crippen LogP contribution in [0.3, 0.4) is 0 Å². The number of ketones is 1. The summed E-state index contributed by atoms with van der Waals surface area (Å²) in [6, 6.07) is 5.56. The van der Waals surface area contributed by atoms with Crippen LogP contribution in [0.15, 0.2) is 18.2 Å². The maximum atomic E-state index is 11.5. The number of hydrogen-bond donors (Lipinski definition) is 1. The third kappa shape index (κ3) is 3.19. The summed E-state index contributed by atoms with van der Waals surface area (Å²) < 4.78 is 5.62. The Labute approximate surface area is 120 Å². The molecule has 1 aromatic rings. The summed E-state index contributed by atoms with van der Waals surface area (Å²) in [5.74, 6) is 0.882. The standard InChI is InChI=1S/C16H23NO3/c1-4-16(19)10-17(11-16)9-14-8-13(12(3)18)6-7-15(14)20-5-2/h6-8,19H,4-5,9-11H2,1-3H3. The molecule has 2 rings (SSSR count). The van der Waals surface area contributed by atoms with Gasteiger partial charge in [-0.25, -0.2) is 0 Å². The minimum absolute atomic E-state index is 0.0583. The van der Waals surface area contributed by atoms with E-state index in [4.69, 9.17) is 4.74 Å². The molecular weight excluding hydrogens is 254 g/mol. The Bertz CT molecular complexity index is 492. The molecule has 0 bridgehead atoms. The predicted octanol–water partition coefficient (Wildman–Crippen LogP) is 2.24. The number of likely N-dealkylation sites (tertiary alicyclic amines) is 1. The summed E-state index contributed by atoms with van der Waals surface area (Å²) in [5.41, 5.74) is 1.18. The first-order chi connectivity index (χ1) is 9.47. The first-order valence-corrected chi connectivity index (χ1v) is 7.19. The zero-order valence-corrected chi connectivity index (χ0v) is 12.5. The van der Waals surface area contributed by atoms with Crippen molar-refractivity contribution in [1.29, 1.82) is 0 Å². The quantitative estimate of drug-likeness (QED) is 0.810. The minimum atomic E-state index is -0.538. The lowest BCUT2D eigenvalue weighted by molar-refractivity contribution is -0.103. The molecule has 0 unspecified atom stereocenters. The van der Waals surface area contributed by atoms with Gasteiger partial charge in [-0.3, -0.25) is 9.69 Å². The molecular formula is C16H23NO3. The number of benzene rings is 1. The fraction of sp³-hybridized carbons (Fsp3) is 0.562. The van der Waals surface area contributed by atoms with Gasteiger partial charge in [0.05, 0.1) is 12.2 Å². The van der Waals surface area contributed by atoms with Crippen molar-refractivity contribution in [1.82, 2.24) is 4.90 Å². The van der Waals surface area contributed by atoms with Crippen molar-refractivity contribution in [3.63, 3.8) is 0 Å². The van der Waals surface area contributed by atoms with E-state index in [1.807, 2.05) is 26.0 Å². The van der Waals surface area contributed by atoms with E-state index >= 15 is 0 Å². The van der Waals surface area contributed by atoms with Gasteiger partial charge in [0.25, 0.3) is 0 Å². The number of ether oxygens (including phenoxy) is 1. The van der Waals surface area contributed by atoms with Gasteiger partial charge in [-0.1, -0.05) is 6.92 Å². The van der Waals surface area contributed by atoms with Gasteiger partial charge in [0.2, 0.25) is 0 Å². The Morgan fingerprint density at radius 1 is 1.40 bits per heavy atom. The lowest BCUT2D eigenvalue weighted by Crippen LogP contribution is -2.60. The zero-order valence-electron chi connectivity index (χ0n) is 12.5. The van der Waals surface area contributed by atoms with Crippen molar-refractivity contribution in [2.24, 2.45) is 0 Å². The summed E-state index contributed by atoms with van der Waals surface area (Å²) in [6.07, 6.45) is 0.773. The summed E-state index contributed by atoms with van der Waals surface area (Å²) in [5, 5.41) is 10.1. The number of Topliss-reactive ketones (excluding diaryl/α,β-unsaturated/α-hetero) is 1. The highest BCUT2D eigenvalue weighted by Gasteiger charge is 2.39. The molecule has 0 atom stereocenters. The number of aliphatic hydroxyl groups is 1. The van der Waals surface area contributed by atoms with Gasteiger partial charge in [-0.05, 0) is 38.5 Å². The van der Waals surface area contributed by atoms with Gasteiger partial charge in [-0.2, -0.15) is 0 Å². The van der Waals surface area contributed by atoms with E-state index in [0.717, 1.165) is 17.7 Å². The van der Waals surface area contributed by atoms with Gasteiger partial charge in [0, 0.05) is 30.8 Å². The van der Waals surface area contributed by atoms with Crippen LogP contribution in [0.1, 0.15) is 43.1 Å². The molecule has 110 valence electrons. The van der Waals surface area contributed by atoms with Crippen LogP contribution in [0.4, 0.5) is 0 Å². The molecule has 1 saturated heterocycles. The van der Waals surface area contributed by atoms with Crippen LogP contribution in [-0.4, -0.2) is 41.1 Å². The lowest BCUT2D eigenvalue weighted by Gasteiger charge is -2.46. The number of hydrogen-bond acceptors (Lipinski definition) is 4. The largest absolute Gasteiger partial charge is 0.494 e. The molecule has 4 nitrogen and oxygen atoms in total. The predicted molar refractivity (Wildman–Crippen MR) is 78.1 cm³/mol. The normalized spacial score (nSPS) is 17.6. The topological polar surface area (TPSA) is 49.8 Å². The summed E-state index contributed by atoms with van der Waals surface area (Å²) in [4.78, 5) is 13.7. The van der Waals surface area contributed by atoms with Crippen molar-refractivity contribution in [3.8, 4) is 5.75 Å². The second kappa shape index (κ2) is 5.94. The Morgan fingerprint density at radius 2 is 2.10 bits per heavy atom. The molecule has 0 spiro atoms. The molecule has 1 aromatic carbocycles. The summed E-state index contributed by atoms with van der Waals surface area (Å²) >= 11 is 0. The maximum absolute atomic E-state index is 11.5. The van der Waals surface area contributed by atoms with Crippen LogP contribution in [-0.2, 0) is 6.54 Å². The van der Waals surface area contributed by atoms with Crippen LogP contribution in [0.5, 0.6) is 5.75 Å². The van der Waals surface area contributed by atoms with Crippen LogP contribution in [0.25, 0.3) is 0 Å². The van der Waals surface area contributed by atoms with Gasteiger partial charge in [0.15, 0.2) is 5.78 Å². The van der Waals surface area contributed by atoms with Gasteiger partial charge in [0.1, 0.15) is 5.75 Å². The van der Waals surface area contributed by atoms with Crippen LogP contribution < -0.4 is 4.74 Å². The van der Waals surface area contributed by atoms with E-state index in [-0.39, 0.29) is 5.78 Å². The van der Waals surface area contributed by atoms with E-state index in [1.54, 1.807) is 13.0 Å². The van der Waals surface area contributed by atoms with E-state index in [9.17, 15) is 9.90 Å². The molecule has 0 amide bonds. The van der Waals surface area contributed by atoms with E-state index in [2.05, 4.69) is 4.90 Å². The highest BCUT2D eigenvalue weighted by atomic mass is 16.5. The van der Waals surface area contributed by atoms with E-state index in [1.165, 1.54) is 0 Å². The highest BCUT2D eigenvalue weighted by molar-refractivity contribution is 5.94. The fourth-order valence-corrected chi connectivity index (χ4v) is 2.58. The molecule has 0 radical (unpaired) electrons. The summed E-state index contributed by atoms with van der Waals surface area (Å²) in [6.45, 7) is 8.18. The molecule has 1 fully saturated rings. The molecule has 1 N–H and O–H groups in total. The Hall–Kier alpha value is -1.39. The molecule has 1 aliphatic heterocycles. The fourth-order valence-electron chi connectivity index (χ4n) is 2.58. The van der Waals surface area contributed by atoms with E-state index < -0.39 is 5.60 Å². The lowest BCUT2D eigenvalue weighted by atomic mass is 9.90. The maximum Gasteiger partial charge on any atom is 0.159 e. The van der Waals surface area contributed by atoms with Gasteiger partial charge in [-0.15, -0.1) is 0 Å². The Morgan fingerprint density at radius 3 is 2.65 bits per heavy atom. The van der Waals surface area contributed by atoms with Crippen LogP contribution in [0, 0.1) is 0 Å². The SMILES string of the molecule is CCOc1ccc(C(C)=O)cc1CN1CC(O)(CC)C1. The monoisotopic (exact) mass is 277 g/mol. The molecule has 4 heteroatoms. The average molecular weight is 277 g/mol. The van der Waals surface area contributed by atoms with Crippen LogP contribution >= 0.6 is 0 Å². The number of rotatable bonds is 6. The second-order valence-electron chi connectivity index (χ2n) is 5.53. The number of nitrogens with zero attached hydrogens (tertiary/aromatic N) is 1. The van der Waals surface area contributed by atoms with Gasteiger partial charge >= 0.3 is 0 Å². The number of carbonyl (C=O) groups excluding carboxylic acids is 1. The smallest absolute Gasteiger partial charge is 0.159 e. The molecule has 20 heavy (non-hydrogen) atoms. The number of β-amino-alcohol motifs (C(OH)–C–C–N with tert-alkyl or cyclic N) is 1. The van der Waals surface area contributed by atoms with Crippen molar-refractivity contribution in [3.05, 3.63) is 29.3 Å². The molecule has 1 aliphatic rings. The third-order valence-corrected chi connectivity index (χ3v) is 3.85. The second-order valence-corrected chi connectivity index (χ2v) is 5.53. The van der Waals surface area contributed by atoms with Crippen molar-refractivity contribution < 1.29 is 14.6 Å². The van der Waals surface area contributed by atoms with Crippen molar-refractivity contribution in [2.45, 2.75) is 39.3 Å². The molecule has 0 aromatic heterocycles. The number of carbonyl (C=O) groups is 1. The average Bonchev–Trinajstić information content (AvgIpc) is 2.38. The summed E-state index contributed by atoms with van der Waals surface area (Å²) in [7, 11) is 0. The van der Waals surface area contributed by atoms with Crippen molar-refractivity contribution in [2.75, 3.05) is 19.7 Å². The van der Waals surface area contributed by atoms with E-state index in [0.29, 0.717) is 31.8 Å². The van der Waals surface area contributed by atoms with Gasteiger partial charge < -0.3 is 9.84 Å². The first kappa shape index (κ1) is 15.0. The minimum Gasteiger partial charge on any atom is -0.494 e. The molecule has 0 aliphatic carbocycles. The highest BCUT2D eigenvalue weighted by Crippen LogP contribution is 2.29. The Balaban J connectivity index is 2.12. The third-order valence-electron chi connectivity index (χ3n) is 3.85. The van der Waals surface area contributed by atoms with Crippen molar-refractivity contribution >= 4 is 5.78 Å². The first-order valence-electron chi connectivity index (χ1n) is 7.19.